The zero-order valence-corrected chi connectivity index (χ0v) is 16.2. The average molecular weight is 406 g/mol. The number of nitrogens with one attached hydrogen (secondary N) is 1. The van der Waals surface area contributed by atoms with Gasteiger partial charge in [-0.1, -0.05) is 23.2 Å². The van der Waals surface area contributed by atoms with E-state index >= 15 is 0 Å². The molecule has 138 valence electrons. The van der Waals surface area contributed by atoms with E-state index < -0.39 is 10.0 Å². The standard InChI is InChI=1S/C16H21Cl2N3O3S/c1-11(16(22)19-14-2-3-14)20-4-6-21(7-5-20)25(23,24)15-9-12(17)8-13(18)10-15/h8-11,14H,2-7H2,1H3,(H,19,22). The lowest BCUT2D eigenvalue weighted by Crippen LogP contribution is -2.55. The van der Waals surface area contributed by atoms with Gasteiger partial charge >= 0.3 is 0 Å². The molecular weight excluding hydrogens is 385 g/mol. The summed E-state index contributed by atoms with van der Waals surface area (Å²) in [4.78, 5) is 14.3. The lowest BCUT2D eigenvalue weighted by atomic mass is 10.2. The van der Waals surface area contributed by atoms with Crippen LogP contribution in [-0.4, -0.2) is 61.8 Å². The van der Waals surface area contributed by atoms with E-state index in [-0.39, 0.29) is 26.9 Å². The van der Waals surface area contributed by atoms with Crippen LogP contribution in [0.2, 0.25) is 10.0 Å². The summed E-state index contributed by atoms with van der Waals surface area (Å²) in [5.74, 6) is 0.0143. The van der Waals surface area contributed by atoms with Gasteiger partial charge in [0.15, 0.2) is 0 Å². The van der Waals surface area contributed by atoms with E-state index in [1.165, 1.54) is 22.5 Å². The molecule has 0 aromatic heterocycles. The molecular formula is C16H21Cl2N3O3S. The Hall–Kier alpha value is -0.860. The van der Waals surface area contributed by atoms with Gasteiger partial charge in [-0.2, -0.15) is 4.31 Å². The molecule has 0 bridgehead atoms. The minimum atomic E-state index is -3.65. The van der Waals surface area contributed by atoms with Crippen molar-refractivity contribution >= 4 is 39.1 Å². The zero-order valence-electron chi connectivity index (χ0n) is 13.9. The maximum absolute atomic E-state index is 12.8. The maximum atomic E-state index is 12.8. The number of nitrogens with zero attached hydrogens (tertiary/aromatic N) is 2. The molecule has 3 rings (SSSR count). The van der Waals surface area contributed by atoms with E-state index in [9.17, 15) is 13.2 Å². The van der Waals surface area contributed by atoms with E-state index in [0.717, 1.165) is 12.8 Å². The van der Waals surface area contributed by atoms with Crippen molar-refractivity contribution in [2.24, 2.45) is 0 Å². The molecule has 1 aliphatic carbocycles. The van der Waals surface area contributed by atoms with Crippen molar-refractivity contribution in [3.63, 3.8) is 0 Å². The Morgan fingerprint density at radius 1 is 1.12 bits per heavy atom. The fourth-order valence-corrected chi connectivity index (χ4v) is 5.02. The SMILES string of the molecule is CC(C(=O)NC1CC1)N1CCN(S(=O)(=O)c2cc(Cl)cc(Cl)c2)CC1. The lowest BCUT2D eigenvalue weighted by Gasteiger charge is -2.36. The first kappa shape index (κ1) is 18.9. The summed E-state index contributed by atoms with van der Waals surface area (Å²) in [5.41, 5.74) is 0. The van der Waals surface area contributed by atoms with Crippen LogP contribution in [0.25, 0.3) is 0 Å². The number of carbonyl (C=O) groups excluding carboxylic acids is 1. The summed E-state index contributed by atoms with van der Waals surface area (Å²) >= 11 is 11.8. The fraction of sp³-hybridized carbons (Fsp3) is 0.562. The average Bonchev–Trinajstić information content (AvgIpc) is 3.37. The van der Waals surface area contributed by atoms with Crippen LogP contribution in [0.4, 0.5) is 0 Å². The number of carbonyl (C=O) groups is 1. The predicted octanol–water partition coefficient (Wildman–Crippen LogP) is 1.97. The number of hydrogen-bond acceptors (Lipinski definition) is 4. The second-order valence-corrected chi connectivity index (χ2v) is 9.31. The van der Waals surface area contributed by atoms with Crippen molar-refractivity contribution in [3.05, 3.63) is 28.2 Å². The van der Waals surface area contributed by atoms with Crippen LogP contribution < -0.4 is 5.32 Å². The van der Waals surface area contributed by atoms with Crippen LogP contribution in [0.15, 0.2) is 23.1 Å². The summed E-state index contributed by atoms with van der Waals surface area (Å²) in [7, 11) is -3.65. The highest BCUT2D eigenvalue weighted by molar-refractivity contribution is 7.89. The van der Waals surface area contributed by atoms with Gasteiger partial charge in [-0.05, 0) is 38.0 Å². The zero-order chi connectivity index (χ0) is 18.2. The highest BCUT2D eigenvalue weighted by Gasteiger charge is 2.33. The first-order valence-electron chi connectivity index (χ1n) is 8.28. The van der Waals surface area contributed by atoms with Crippen LogP contribution in [-0.2, 0) is 14.8 Å². The molecule has 1 heterocycles. The van der Waals surface area contributed by atoms with E-state index in [1.54, 1.807) is 0 Å². The monoisotopic (exact) mass is 405 g/mol. The summed E-state index contributed by atoms with van der Waals surface area (Å²) in [6, 6.07) is 4.37. The molecule has 1 unspecified atom stereocenters. The van der Waals surface area contributed by atoms with Crippen molar-refractivity contribution < 1.29 is 13.2 Å². The molecule has 2 aliphatic rings. The normalized spacial score (nSPS) is 21.1. The molecule has 1 amide bonds. The van der Waals surface area contributed by atoms with Crippen LogP contribution in [0, 0.1) is 0 Å². The van der Waals surface area contributed by atoms with Crippen molar-refractivity contribution in [2.45, 2.75) is 36.7 Å². The molecule has 0 spiro atoms. The second kappa shape index (κ2) is 7.40. The predicted molar refractivity (Wildman–Crippen MR) is 97.4 cm³/mol. The van der Waals surface area contributed by atoms with Crippen molar-refractivity contribution in [2.75, 3.05) is 26.2 Å². The van der Waals surface area contributed by atoms with E-state index in [1.807, 2.05) is 11.8 Å². The van der Waals surface area contributed by atoms with Crippen molar-refractivity contribution in [1.29, 1.82) is 0 Å². The van der Waals surface area contributed by atoms with Gasteiger partial charge in [0, 0.05) is 42.3 Å². The number of hydrogen-bond donors (Lipinski definition) is 1. The Morgan fingerprint density at radius 2 is 1.68 bits per heavy atom. The largest absolute Gasteiger partial charge is 0.352 e. The van der Waals surface area contributed by atoms with Crippen molar-refractivity contribution in [1.82, 2.24) is 14.5 Å². The van der Waals surface area contributed by atoms with Gasteiger partial charge in [-0.25, -0.2) is 8.42 Å². The Labute approximate surface area is 158 Å². The molecule has 1 aromatic carbocycles. The number of sulfonamides is 1. The summed E-state index contributed by atoms with van der Waals surface area (Å²) in [5, 5.41) is 3.56. The fourth-order valence-electron chi connectivity index (χ4n) is 2.87. The van der Waals surface area contributed by atoms with Crippen LogP contribution in [0.5, 0.6) is 0 Å². The third kappa shape index (κ3) is 4.46. The summed E-state index contributed by atoms with van der Waals surface area (Å²) in [6.45, 7) is 3.53. The third-order valence-corrected chi connectivity index (χ3v) is 6.91. The number of amides is 1. The Kier molecular flexibility index (Phi) is 5.60. The van der Waals surface area contributed by atoms with Gasteiger partial charge in [-0.3, -0.25) is 9.69 Å². The van der Waals surface area contributed by atoms with Crippen LogP contribution >= 0.6 is 23.2 Å². The molecule has 0 radical (unpaired) electrons. The molecule has 25 heavy (non-hydrogen) atoms. The summed E-state index contributed by atoms with van der Waals surface area (Å²) < 4.78 is 26.9. The quantitative estimate of drug-likeness (QED) is 0.812. The molecule has 1 saturated heterocycles. The van der Waals surface area contributed by atoms with Crippen molar-refractivity contribution in [3.8, 4) is 0 Å². The van der Waals surface area contributed by atoms with Gasteiger partial charge < -0.3 is 5.32 Å². The van der Waals surface area contributed by atoms with Crippen LogP contribution in [0.1, 0.15) is 19.8 Å². The number of halogens is 2. The van der Waals surface area contributed by atoms with Gasteiger partial charge in [0.05, 0.1) is 10.9 Å². The molecule has 1 aromatic rings. The second-order valence-electron chi connectivity index (χ2n) is 6.50. The maximum Gasteiger partial charge on any atom is 0.243 e. The number of rotatable bonds is 5. The molecule has 1 saturated carbocycles. The summed E-state index contributed by atoms with van der Waals surface area (Å²) in [6.07, 6.45) is 2.10. The smallest absolute Gasteiger partial charge is 0.243 e. The van der Waals surface area contributed by atoms with Gasteiger partial charge in [-0.15, -0.1) is 0 Å². The third-order valence-electron chi connectivity index (χ3n) is 4.60. The van der Waals surface area contributed by atoms with Gasteiger partial charge in [0.1, 0.15) is 0 Å². The minimum Gasteiger partial charge on any atom is -0.352 e. The Balaban J connectivity index is 1.63. The van der Waals surface area contributed by atoms with E-state index in [0.29, 0.717) is 32.2 Å². The molecule has 2 fully saturated rings. The molecule has 6 nitrogen and oxygen atoms in total. The van der Waals surface area contributed by atoms with Crippen LogP contribution in [0.3, 0.4) is 0 Å². The van der Waals surface area contributed by atoms with E-state index in [2.05, 4.69) is 5.32 Å². The lowest BCUT2D eigenvalue weighted by molar-refractivity contribution is -0.126. The highest BCUT2D eigenvalue weighted by atomic mass is 35.5. The number of benzene rings is 1. The first-order chi connectivity index (χ1) is 11.8. The first-order valence-corrected chi connectivity index (χ1v) is 10.5. The topological polar surface area (TPSA) is 69.7 Å². The van der Waals surface area contributed by atoms with E-state index in [4.69, 9.17) is 23.2 Å². The molecule has 1 aliphatic heterocycles. The Bertz CT molecular complexity index is 740. The minimum absolute atomic E-state index is 0.0143. The Morgan fingerprint density at radius 3 is 2.20 bits per heavy atom. The van der Waals surface area contributed by atoms with Gasteiger partial charge in [0.25, 0.3) is 0 Å². The number of piperazine rings is 1. The molecule has 1 N–H and O–H groups in total. The molecule has 9 heteroatoms. The van der Waals surface area contributed by atoms with Gasteiger partial charge in [0.2, 0.25) is 15.9 Å². The molecule has 1 atom stereocenters. The highest BCUT2D eigenvalue weighted by Crippen LogP contribution is 2.26.